The van der Waals surface area contributed by atoms with Crippen LogP contribution in [0, 0.1) is 6.92 Å². The Morgan fingerprint density at radius 1 is 1.10 bits per heavy atom. The predicted molar refractivity (Wildman–Crippen MR) is 81.9 cm³/mol. The molecule has 3 nitrogen and oxygen atoms in total. The Hall–Kier alpha value is -1.71. The summed E-state index contributed by atoms with van der Waals surface area (Å²) in [5.41, 5.74) is 1.87. The van der Waals surface area contributed by atoms with Crippen molar-refractivity contribution >= 4 is 40.5 Å². The maximum Gasteiger partial charge on any atom is 0.264 e. The number of phenols is 1. The number of nitrogens with zero attached hydrogens (tertiary/aromatic N) is 1. The van der Waals surface area contributed by atoms with Gasteiger partial charge in [0.2, 0.25) is 0 Å². The third kappa shape index (κ3) is 3.06. The second-order valence-corrected chi connectivity index (χ2v) is 5.38. The van der Waals surface area contributed by atoms with Crippen molar-refractivity contribution in [1.82, 2.24) is 0 Å². The molecule has 0 aromatic heterocycles. The molecule has 0 bridgehead atoms. The molecule has 0 atom stereocenters. The maximum atomic E-state index is 12.2. The van der Waals surface area contributed by atoms with E-state index < -0.39 is 10.7 Å². The standard InChI is InChI=1S/C15H13Cl2NO2/c1-10-7-8-12(9-13(10)19)18(15(20)14(16)17)11-5-3-2-4-6-11/h2-9,14,19H,1H3. The normalized spacial score (nSPS) is 10.6. The Balaban J connectivity index is 2.51. The average Bonchev–Trinajstić information content (AvgIpc) is 2.44. The average molecular weight is 310 g/mol. The largest absolute Gasteiger partial charge is 0.508 e. The summed E-state index contributed by atoms with van der Waals surface area (Å²) in [7, 11) is 0. The highest BCUT2D eigenvalue weighted by Crippen LogP contribution is 2.31. The van der Waals surface area contributed by atoms with E-state index in [1.807, 2.05) is 6.07 Å². The van der Waals surface area contributed by atoms with Crippen LogP contribution in [0.5, 0.6) is 5.75 Å². The summed E-state index contributed by atoms with van der Waals surface area (Å²) in [6.45, 7) is 1.78. The molecule has 0 spiro atoms. The fourth-order valence-electron chi connectivity index (χ4n) is 1.82. The number of benzene rings is 2. The van der Waals surface area contributed by atoms with Crippen LogP contribution in [0.2, 0.25) is 0 Å². The number of hydrogen-bond donors (Lipinski definition) is 1. The van der Waals surface area contributed by atoms with Crippen LogP contribution in [0.25, 0.3) is 0 Å². The number of hydrogen-bond acceptors (Lipinski definition) is 2. The molecule has 5 heteroatoms. The number of halogens is 2. The van der Waals surface area contributed by atoms with Gasteiger partial charge in [0.25, 0.3) is 5.91 Å². The van der Waals surface area contributed by atoms with Gasteiger partial charge in [0.05, 0.1) is 5.69 Å². The van der Waals surface area contributed by atoms with Gasteiger partial charge in [-0.2, -0.15) is 0 Å². The van der Waals surface area contributed by atoms with E-state index in [0.717, 1.165) is 5.56 Å². The third-order valence-electron chi connectivity index (χ3n) is 2.87. The monoisotopic (exact) mass is 309 g/mol. The van der Waals surface area contributed by atoms with Gasteiger partial charge >= 0.3 is 0 Å². The van der Waals surface area contributed by atoms with Gasteiger partial charge < -0.3 is 5.11 Å². The summed E-state index contributed by atoms with van der Waals surface area (Å²) in [6.07, 6.45) is 0. The SMILES string of the molecule is Cc1ccc(N(C(=O)C(Cl)Cl)c2ccccc2)cc1O. The van der Waals surface area contributed by atoms with E-state index in [1.54, 1.807) is 43.3 Å². The van der Waals surface area contributed by atoms with Crippen LogP contribution in [0.15, 0.2) is 48.5 Å². The van der Waals surface area contributed by atoms with Crippen LogP contribution in [0.3, 0.4) is 0 Å². The first-order valence-electron chi connectivity index (χ1n) is 5.97. The van der Waals surface area contributed by atoms with E-state index in [4.69, 9.17) is 23.2 Å². The van der Waals surface area contributed by atoms with Crippen molar-refractivity contribution in [2.75, 3.05) is 4.90 Å². The molecule has 2 aromatic carbocycles. The number of alkyl halides is 2. The zero-order chi connectivity index (χ0) is 14.7. The van der Waals surface area contributed by atoms with Crippen molar-refractivity contribution in [3.05, 3.63) is 54.1 Å². The number of aryl methyl sites for hydroxylation is 1. The van der Waals surface area contributed by atoms with E-state index in [-0.39, 0.29) is 5.75 Å². The molecule has 2 rings (SSSR count). The molecule has 0 radical (unpaired) electrons. The Kier molecular flexibility index (Phi) is 4.53. The molecule has 1 amide bonds. The van der Waals surface area contributed by atoms with Crippen LogP contribution < -0.4 is 4.90 Å². The van der Waals surface area contributed by atoms with Crippen molar-refractivity contribution in [2.45, 2.75) is 11.8 Å². The van der Waals surface area contributed by atoms with Gasteiger partial charge in [-0.1, -0.05) is 47.5 Å². The lowest BCUT2D eigenvalue weighted by Crippen LogP contribution is -2.30. The fourth-order valence-corrected chi connectivity index (χ4v) is 2.01. The summed E-state index contributed by atoms with van der Waals surface area (Å²) < 4.78 is 0. The highest BCUT2D eigenvalue weighted by molar-refractivity contribution is 6.55. The molecule has 1 N–H and O–H groups in total. The molecule has 0 saturated heterocycles. The van der Waals surface area contributed by atoms with Crippen molar-refractivity contribution in [3.8, 4) is 5.75 Å². The smallest absolute Gasteiger partial charge is 0.264 e. The van der Waals surface area contributed by atoms with Crippen LogP contribution in [-0.4, -0.2) is 15.8 Å². The number of anilines is 2. The first kappa shape index (κ1) is 14.7. The Morgan fingerprint density at radius 3 is 2.30 bits per heavy atom. The fraction of sp³-hybridized carbons (Fsp3) is 0.133. The van der Waals surface area contributed by atoms with Crippen molar-refractivity contribution in [2.24, 2.45) is 0 Å². The molecule has 2 aromatic rings. The quantitative estimate of drug-likeness (QED) is 0.864. The van der Waals surface area contributed by atoms with Gasteiger partial charge in [-0.05, 0) is 30.7 Å². The second kappa shape index (κ2) is 6.16. The number of carbonyl (C=O) groups excluding carboxylic acids is 1. The third-order valence-corrected chi connectivity index (χ3v) is 3.25. The van der Waals surface area contributed by atoms with Crippen molar-refractivity contribution in [3.63, 3.8) is 0 Å². The maximum absolute atomic E-state index is 12.2. The summed E-state index contributed by atoms with van der Waals surface area (Å²) in [4.78, 5) is 12.4. The molecule has 20 heavy (non-hydrogen) atoms. The molecule has 0 saturated carbocycles. The first-order chi connectivity index (χ1) is 9.50. The summed E-state index contributed by atoms with van der Waals surface area (Å²) in [5, 5.41) is 9.81. The molecule has 0 heterocycles. The predicted octanol–water partition coefficient (Wildman–Crippen LogP) is 4.17. The van der Waals surface area contributed by atoms with Gasteiger partial charge in [-0.25, -0.2) is 0 Å². The molecule has 0 aliphatic carbocycles. The lowest BCUT2D eigenvalue weighted by molar-refractivity contribution is -0.116. The van der Waals surface area contributed by atoms with Gasteiger partial charge in [-0.3, -0.25) is 9.69 Å². The summed E-state index contributed by atoms with van der Waals surface area (Å²) in [5.74, 6) is -0.361. The summed E-state index contributed by atoms with van der Waals surface area (Å²) >= 11 is 11.4. The van der Waals surface area contributed by atoms with Crippen molar-refractivity contribution in [1.29, 1.82) is 0 Å². The van der Waals surface area contributed by atoms with E-state index >= 15 is 0 Å². The Labute approximate surface area is 127 Å². The van der Waals surface area contributed by atoms with Gasteiger partial charge in [-0.15, -0.1) is 0 Å². The number of para-hydroxylation sites is 1. The van der Waals surface area contributed by atoms with Crippen LogP contribution in [0.4, 0.5) is 11.4 Å². The lowest BCUT2D eigenvalue weighted by Gasteiger charge is -2.24. The second-order valence-electron chi connectivity index (χ2n) is 4.28. The molecule has 0 aliphatic heterocycles. The Morgan fingerprint density at radius 2 is 1.75 bits per heavy atom. The zero-order valence-corrected chi connectivity index (χ0v) is 12.3. The molecular formula is C15H13Cl2NO2. The summed E-state index contributed by atoms with van der Waals surface area (Å²) in [6, 6.07) is 14.0. The molecule has 104 valence electrons. The lowest BCUT2D eigenvalue weighted by atomic mass is 10.1. The first-order valence-corrected chi connectivity index (χ1v) is 6.85. The van der Waals surface area contributed by atoms with Crippen LogP contribution >= 0.6 is 23.2 Å². The molecule has 0 fully saturated rings. The van der Waals surface area contributed by atoms with Crippen LogP contribution in [-0.2, 0) is 4.79 Å². The number of aromatic hydroxyl groups is 1. The van der Waals surface area contributed by atoms with E-state index in [1.165, 1.54) is 11.0 Å². The molecule has 0 unspecified atom stereocenters. The van der Waals surface area contributed by atoms with Crippen molar-refractivity contribution < 1.29 is 9.90 Å². The van der Waals surface area contributed by atoms with E-state index in [0.29, 0.717) is 11.4 Å². The van der Waals surface area contributed by atoms with Crippen LogP contribution in [0.1, 0.15) is 5.56 Å². The highest BCUT2D eigenvalue weighted by Gasteiger charge is 2.23. The Bertz CT molecular complexity index is 615. The van der Waals surface area contributed by atoms with E-state index in [9.17, 15) is 9.90 Å². The number of carbonyl (C=O) groups is 1. The number of amides is 1. The topological polar surface area (TPSA) is 40.5 Å². The zero-order valence-electron chi connectivity index (χ0n) is 10.8. The van der Waals surface area contributed by atoms with Gasteiger partial charge in [0.1, 0.15) is 5.75 Å². The van der Waals surface area contributed by atoms with Gasteiger partial charge in [0.15, 0.2) is 4.84 Å². The molecule has 0 aliphatic rings. The minimum atomic E-state index is -1.18. The minimum Gasteiger partial charge on any atom is -0.508 e. The number of phenolic OH excluding ortho intramolecular Hbond substituents is 1. The van der Waals surface area contributed by atoms with Gasteiger partial charge in [0, 0.05) is 11.8 Å². The minimum absolute atomic E-state index is 0.108. The highest BCUT2D eigenvalue weighted by atomic mass is 35.5. The van der Waals surface area contributed by atoms with E-state index in [2.05, 4.69) is 0 Å². The number of rotatable bonds is 3. The molecular weight excluding hydrogens is 297 g/mol.